The van der Waals surface area contributed by atoms with Gasteiger partial charge in [-0.2, -0.15) is 0 Å². The van der Waals surface area contributed by atoms with Crippen molar-refractivity contribution in [3.8, 4) is 11.5 Å². The summed E-state index contributed by atoms with van der Waals surface area (Å²) < 4.78 is 11.9. The van der Waals surface area contributed by atoms with Crippen LogP contribution in [-0.4, -0.2) is 58.5 Å². The van der Waals surface area contributed by atoms with Crippen molar-refractivity contribution in [2.45, 2.75) is 58.7 Å². The third kappa shape index (κ3) is 5.38. The molecule has 0 saturated carbocycles. The average Bonchev–Trinajstić information content (AvgIpc) is 3.00. The maximum atomic E-state index is 12.3. The Hall–Kier alpha value is -2.67. The van der Waals surface area contributed by atoms with Crippen LogP contribution >= 0.6 is 0 Å². The zero-order valence-electron chi connectivity index (χ0n) is 19.4. The van der Waals surface area contributed by atoms with Crippen molar-refractivity contribution >= 4 is 5.91 Å². The summed E-state index contributed by atoms with van der Waals surface area (Å²) in [5.41, 5.74) is 2.15. The molecule has 0 spiro atoms. The van der Waals surface area contributed by atoms with Gasteiger partial charge in [0.25, 0.3) is 0 Å². The predicted molar refractivity (Wildman–Crippen MR) is 123 cm³/mol. The lowest BCUT2D eigenvalue weighted by atomic mass is 9.91. The number of rotatable bonds is 6. The van der Waals surface area contributed by atoms with E-state index in [2.05, 4.69) is 21.8 Å². The molecule has 1 aromatic heterocycles. The van der Waals surface area contributed by atoms with Crippen LogP contribution < -0.4 is 9.47 Å². The maximum absolute atomic E-state index is 12.3. The molecule has 0 N–H and O–H groups in total. The van der Waals surface area contributed by atoms with E-state index in [-0.39, 0.29) is 12.0 Å². The second-order valence-electron chi connectivity index (χ2n) is 8.92. The summed E-state index contributed by atoms with van der Waals surface area (Å²) in [6, 6.07) is 5.87. The van der Waals surface area contributed by atoms with E-state index in [1.54, 1.807) is 14.0 Å². The molecule has 7 nitrogen and oxygen atoms in total. The van der Waals surface area contributed by atoms with Crippen molar-refractivity contribution in [1.82, 2.24) is 19.8 Å². The van der Waals surface area contributed by atoms with Crippen LogP contribution in [0.4, 0.5) is 0 Å². The number of likely N-dealkylation sites (tertiary alicyclic amines) is 1. The van der Waals surface area contributed by atoms with Gasteiger partial charge < -0.3 is 14.4 Å². The molecule has 1 aromatic carbocycles. The third-order valence-electron chi connectivity index (χ3n) is 6.46. The number of benzene rings is 1. The molecule has 172 valence electrons. The van der Waals surface area contributed by atoms with Crippen LogP contribution in [0.3, 0.4) is 0 Å². The molecule has 1 saturated heterocycles. The van der Waals surface area contributed by atoms with Crippen LogP contribution in [0.1, 0.15) is 50.1 Å². The molecule has 1 amide bonds. The van der Waals surface area contributed by atoms with E-state index >= 15 is 0 Å². The molecule has 2 aromatic rings. The molecule has 2 aliphatic rings. The Bertz CT molecular complexity index is 918. The normalized spacial score (nSPS) is 21.4. The Balaban J connectivity index is 1.46. The van der Waals surface area contributed by atoms with Crippen LogP contribution in [0.5, 0.6) is 11.5 Å². The number of carbonyl (C=O) groups is 1. The largest absolute Gasteiger partial charge is 0.497 e. The van der Waals surface area contributed by atoms with Gasteiger partial charge in [-0.3, -0.25) is 9.69 Å². The summed E-state index contributed by atoms with van der Waals surface area (Å²) in [5, 5.41) is 0. The molecule has 0 radical (unpaired) electrons. The first-order valence-corrected chi connectivity index (χ1v) is 11.7. The maximum Gasteiger partial charge on any atom is 0.219 e. The molecule has 2 aliphatic heterocycles. The van der Waals surface area contributed by atoms with Crippen molar-refractivity contribution in [2.75, 3.05) is 26.7 Å². The molecule has 3 heterocycles. The zero-order chi connectivity index (χ0) is 22.5. The quantitative estimate of drug-likeness (QED) is 0.688. The molecule has 0 unspecified atom stereocenters. The standard InChI is InChI=1S/C25H34N4O3/c1-4-6-25-26-12-19(13-27-25)14-28-10-5-7-20(15-28)24-17-29(18(2)30)16-21-11-22(31-3)8-9-23(21)32-24/h8-9,11-13,20,24H,4-7,10,14-17H2,1-3H3/t20-,24+/m1/s1. The number of nitrogens with zero attached hydrogens (tertiary/aromatic N) is 4. The number of aromatic nitrogens is 2. The van der Waals surface area contributed by atoms with Crippen LogP contribution in [0.2, 0.25) is 0 Å². The summed E-state index contributed by atoms with van der Waals surface area (Å²) in [7, 11) is 1.66. The minimum absolute atomic E-state index is 0.0282. The molecule has 4 rings (SSSR count). The minimum atomic E-state index is -0.0282. The van der Waals surface area contributed by atoms with Crippen LogP contribution in [0.15, 0.2) is 30.6 Å². The molecule has 32 heavy (non-hydrogen) atoms. The van der Waals surface area contributed by atoms with Gasteiger partial charge in [-0.15, -0.1) is 0 Å². The number of ether oxygens (including phenoxy) is 2. The Labute approximate surface area is 190 Å². The van der Waals surface area contributed by atoms with E-state index in [9.17, 15) is 4.79 Å². The third-order valence-corrected chi connectivity index (χ3v) is 6.46. The van der Waals surface area contributed by atoms with Gasteiger partial charge in [0.2, 0.25) is 5.91 Å². The summed E-state index contributed by atoms with van der Waals surface area (Å²) in [6.45, 7) is 7.79. The van der Waals surface area contributed by atoms with Crippen molar-refractivity contribution in [3.63, 3.8) is 0 Å². The number of methoxy groups -OCH3 is 1. The minimum Gasteiger partial charge on any atom is -0.497 e. The summed E-state index contributed by atoms with van der Waals surface area (Å²) >= 11 is 0. The van der Waals surface area contributed by atoms with E-state index in [0.717, 1.165) is 73.8 Å². The Morgan fingerprint density at radius 1 is 1.25 bits per heavy atom. The molecule has 0 bridgehead atoms. The van der Waals surface area contributed by atoms with Gasteiger partial charge >= 0.3 is 0 Å². The van der Waals surface area contributed by atoms with Gasteiger partial charge in [0.1, 0.15) is 23.4 Å². The number of hydrogen-bond acceptors (Lipinski definition) is 6. The number of fused-ring (bicyclic) bond motifs is 1. The van der Waals surface area contributed by atoms with E-state index in [1.807, 2.05) is 35.5 Å². The highest BCUT2D eigenvalue weighted by atomic mass is 16.5. The second-order valence-corrected chi connectivity index (χ2v) is 8.92. The molecule has 0 aliphatic carbocycles. The second kappa shape index (κ2) is 10.3. The predicted octanol–water partition coefficient (Wildman–Crippen LogP) is 3.46. The molecular formula is C25H34N4O3. The van der Waals surface area contributed by atoms with Crippen molar-refractivity contribution in [3.05, 3.63) is 47.5 Å². The highest BCUT2D eigenvalue weighted by Gasteiger charge is 2.33. The van der Waals surface area contributed by atoms with Crippen molar-refractivity contribution in [1.29, 1.82) is 0 Å². The number of amides is 1. The highest BCUT2D eigenvalue weighted by molar-refractivity contribution is 5.73. The van der Waals surface area contributed by atoms with E-state index < -0.39 is 0 Å². The van der Waals surface area contributed by atoms with Crippen molar-refractivity contribution < 1.29 is 14.3 Å². The van der Waals surface area contributed by atoms with E-state index in [1.165, 1.54) is 0 Å². The molecule has 7 heteroatoms. The molecule has 1 fully saturated rings. The van der Waals surface area contributed by atoms with Crippen molar-refractivity contribution in [2.24, 2.45) is 5.92 Å². The Kier molecular flexibility index (Phi) is 7.25. The fraction of sp³-hybridized carbons (Fsp3) is 0.560. The Morgan fingerprint density at radius 2 is 2.06 bits per heavy atom. The number of carbonyl (C=O) groups excluding carboxylic acids is 1. The zero-order valence-corrected chi connectivity index (χ0v) is 19.4. The van der Waals surface area contributed by atoms with Gasteiger partial charge in [-0.05, 0) is 44.0 Å². The first kappa shape index (κ1) is 22.5. The summed E-state index contributed by atoms with van der Waals surface area (Å²) in [4.78, 5) is 25.7. The molecular weight excluding hydrogens is 404 g/mol. The first-order valence-electron chi connectivity index (χ1n) is 11.7. The summed E-state index contributed by atoms with van der Waals surface area (Å²) in [5.74, 6) is 2.99. The van der Waals surface area contributed by atoms with Gasteiger partial charge in [0.15, 0.2) is 0 Å². The van der Waals surface area contributed by atoms with Gasteiger partial charge in [0, 0.05) is 62.4 Å². The Morgan fingerprint density at radius 3 is 2.78 bits per heavy atom. The van der Waals surface area contributed by atoms with Crippen LogP contribution in [-0.2, 0) is 24.3 Å². The summed E-state index contributed by atoms with van der Waals surface area (Å²) in [6.07, 6.45) is 8.10. The lowest BCUT2D eigenvalue weighted by molar-refractivity contribution is -0.130. The fourth-order valence-corrected chi connectivity index (χ4v) is 4.71. The number of aryl methyl sites for hydroxylation is 1. The van der Waals surface area contributed by atoms with Gasteiger partial charge in [0.05, 0.1) is 13.7 Å². The van der Waals surface area contributed by atoms with Crippen LogP contribution in [0.25, 0.3) is 0 Å². The van der Waals surface area contributed by atoms with Gasteiger partial charge in [-0.1, -0.05) is 6.92 Å². The highest BCUT2D eigenvalue weighted by Crippen LogP contribution is 2.33. The topological polar surface area (TPSA) is 67.8 Å². The first-order chi connectivity index (χ1) is 15.6. The van der Waals surface area contributed by atoms with E-state index in [4.69, 9.17) is 9.47 Å². The smallest absolute Gasteiger partial charge is 0.219 e. The van der Waals surface area contributed by atoms with E-state index in [0.29, 0.717) is 19.0 Å². The monoisotopic (exact) mass is 438 g/mol. The lowest BCUT2D eigenvalue weighted by Gasteiger charge is -2.37. The average molecular weight is 439 g/mol. The SMILES string of the molecule is CCCc1ncc(CN2CCC[C@@H]([C@@H]3CN(C(C)=O)Cc4cc(OC)ccc4O3)C2)cn1. The van der Waals surface area contributed by atoms with Crippen LogP contribution in [0, 0.1) is 5.92 Å². The molecule has 2 atom stereocenters. The number of hydrogen-bond donors (Lipinski definition) is 0. The fourth-order valence-electron chi connectivity index (χ4n) is 4.71. The lowest BCUT2D eigenvalue weighted by Crippen LogP contribution is -2.46. The number of piperidine rings is 1. The van der Waals surface area contributed by atoms with Gasteiger partial charge in [-0.25, -0.2) is 9.97 Å².